The van der Waals surface area contributed by atoms with Crippen LogP contribution in [0.5, 0.6) is 0 Å². The zero-order valence-corrected chi connectivity index (χ0v) is 24.5. The maximum absolute atomic E-state index is 6.40. The molecule has 0 aliphatic carbocycles. The number of fused-ring (bicyclic) bond motifs is 9. The third-order valence-corrected chi connectivity index (χ3v) is 8.83. The third-order valence-electron chi connectivity index (χ3n) is 8.83. The van der Waals surface area contributed by atoms with E-state index in [1.54, 1.807) is 0 Å². The quantitative estimate of drug-likeness (QED) is 0.130. The van der Waals surface area contributed by atoms with Crippen LogP contribution < -0.4 is 0 Å². The van der Waals surface area contributed by atoms with Crippen molar-refractivity contribution in [2.45, 2.75) is 104 Å². The summed E-state index contributed by atoms with van der Waals surface area (Å²) in [5, 5.41) is 7.34. The summed E-state index contributed by atoms with van der Waals surface area (Å²) in [6.07, 6.45) is 18.2. The lowest BCUT2D eigenvalue weighted by molar-refractivity contribution is 0.607. The molecule has 0 unspecified atom stereocenters. The van der Waals surface area contributed by atoms with E-state index in [-0.39, 0.29) is 0 Å². The lowest BCUT2D eigenvalue weighted by atomic mass is 9.98. The predicted molar refractivity (Wildman–Crippen MR) is 173 cm³/mol. The molecule has 0 fully saturated rings. The Hall–Kier alpha value is -3.26. The van der Waals surface area contributed by atoms with Crippen molar-refractivity contribution in [2.75, 3.05) is 0 Å². The number of aryl methyl sites for hydroxylation is 2. The predicted octanol–water partition coefficient (Wildman–Crippen LogP) is 12.4. The minimum absolute atomic E-state index is 0.965. The van der Waals surface area contributed by atoms with Crippen molar-refractivity contribution < 1.29 is 8.83 Å². The first-order valence-electron chi connectivity index (χ1n) is 16.0. The standard InChI is InChI=1S/C38H44O2/c1-3-5-7-9-11-13-15-27-17-19-31-35(25-27)39-33-23-21-30-29(37(31)33)22-24-34-38(30)32-20-18-28(26-36(32)40-34)16-14-12-10-8-6-4-2/h17-26H,3-16H2,1-2H3. The molecule has 6 aromatic rings. The Kier molecular flexibility index (Phi) is 8.42. The van der Waals surface area contributed by atoms with Gasteiger partial charge in [0.2, 0.25) is 0 Å². The largest absolute Gasteiger partial charge is 0.456 e. The van der Waals surface area contributed by atoms with Gasteiger partial charge in [0.1, 0.15) is 22.3 Å². The van der Waals surface area contributed by atoms with Crippen molar-refractivity contribution in [1.29, 1.82) is 0 Å². The normalized spacial score (nSPS) is 12.2. The fourth-order valence-corrected chi connectivity index (χ4v) is 6.57. The van der Waals surface area contributed by atoms with E-state index in [4.69, 9.17) is 8.83 Å². The molecule has 0 bridgehead atoms. The molecule has 2 nitrogen and oxygen atoms in total. The summed E-state index contributed by atoms with van der Waals surface area (Å²) in [4.78, 5) is 0. The lowest BCUT2D eigenvalue weighted by Crippen LogP contribution is -1.86. The second-order valence-corrected chi connectivity index (χ2v) is 11.9. The number of unbranched alkanes of at least 4 members (excludes halogenated alkanes) is 10. The van der Waals surface area contributed by atoms with Crippen LogP contribution in [0.25, 0.3) is 54.6 Å². The molecule has 0 amide bonds. The third kappa shape index (κ3) is 5.51. The molecule has 0 saturated heterocycles. The van der Waals surface area contributed by atoms with Crippen LogP contribution in [0.1, 0.15) is 102 Å². The second kappa shape index (κ2) is 12.5. The zero-order chi connectivity index (χ0) is 27.3. The van der Waals surface area contributed by atoms with E-state index in [1.165, 1.54) is 120 Å². The Morgan fingerprint density at radius 3 is 1.25 bits per heavy atom. The molecule has 2 heterocycles. The van der Waals surface area contributed by atoms with E-state index in [0.717, 1.165) is 35.2 Å². The fourth-order valence-electron chi connectivity index (χ4n) is 6.57. The van der Waals surface area contributed by atoms with Gasteiger partial charge in [0.05, 0.1) is 0 Å². The summed E-state index contributed by atoms with van der Waals surface area (Å²) < 4.78 is 12.8. The number of hydrogen-bond acceptors (Lipinski definition) is 2. The minimum Gasteiger partial charge on any atom is -0.456 e. The first kappa shape index (κ1) is 26.9. The van der Waals surface area contributed by atoms with E-state index in [2.05, 4.69) is 74.5 Å². The average molecular weight is 533 g/mol. The van der Waals surface area contributed by atoms with Gasteiger partial charge in [-0.05, 0) is 84.0 Å². The first-order chi connectivity index (χ1) is 19.8. The van der Waals surface area contributed by atoms with Crippen molar-refractivity contribution in [3.8, 4) is 0 Å². The van der Waals surface area contributed by atoms with E-state index in [9.17, 15) is 0 Å². The highest BCUT2D eigenvalue weighted by atomic mass is 16.3. The minimum atomic E-state index is 0.965. The monoisotopic (exact) mass is 532 g/mol. The molecule has 0 spiro atoms. The van der Waals surface area contributed by atoms with Crippen LogP contribution >= 0.6 is 0 Å². The fraction of sp³-hybridized carbons (Fsp3) is 0.421. The highest BCUT2D eigenvalue weighted by Gasteiger charge is 2.16. The lowest BCUT2D eigenvalue weighted by Gasteiger charge is -2.03. The van der Waals surface area contributed by atoms with E-state index in [1.807, 2.05) is 0 Å². The van der Waals surface area contributed by atoms with Gasteiger partial charge in [0, 0.05) is 21.5 Å². The number of benzene rings is 4. The van der Waals surface area contributed by atoms with Crippen LogP contribution in [0.15, 0.2) is 69.5 Å². The molecule has 0 aliphatic rings. The summed E-state index contributed by atoms with van der Waals surface area (Å²) in [7, 11) is 0. The van der Waals surface area contributed by atoms with Gasteiger partial charge in [-0.25, -0.2) is 0 Å². The van der Waals surface area contributed by atoms with Gasteiger partial charge in [-0.15, -0.1) is 0 Å². The van der Waals surface area contributed by atoms with Crippen LogP contribution in [0, 0.1) is 0 Å². The van der Waals surface area contributed by atoms with Gasteiger partial charge >= 0.3 is 0 Å². The molecule has 6 rings (SSSR count). The molecule has 4 aromatic carbocycles. The molecule has 2 heteroatoms. The Balaban J connectivity index is 1.27. The van der Waals surface area contributed by atoms with Gasteiger partial charge in [-0.2, -0.15) is 0 Å². The zero-order valence-electron chi connectivity index (χ0n) is 24.5. The van der Waals surface area contributed by atoms with Crippen LogP contribution in [0.4, 0.5) is 0 Å². The van der Waals surface area contributed by atoms with Crippen molar-refractivity contribution >= 4 is 54.6 Å². The smallest absolute Gasteiger partial charge is 0.136 e. The van der Waals surface area contributed by atoms with Crippen LogP contribution in [0.3, 0.4) is 0 Å². The van der Waals surface area contributed by atoms with Crippen LogP contribution in [0.2, 0.25) is 0 Å². The molecule has 208 valence electrons. The van der Waals surface area contributed by atoms with Crippen LogP contribution in [-0.4, -0.2) is 0 Å². The molecule has 0 aliphatic heterocycles. The maximum Gasteiger partial charge on any atom is 0.136 e. The maximum atomic E-state index is 6.40. The average Bonchev–Trinajstić information content (AvgIpc) is 3.54. The number of hydrogen-bond donors (Lipinski definition) is 0. The topological polar surface area (TPSA) is 26.3 Å². The van der Waals surface area contributed by atoms with Gasteiger partial charge in [-0.1, -0.05) is 102 Å². The van der Waals surface area contributed by atoms with Crippen molar-refractivity contribution in [3.63, 3.8) is 0 Å². The van der Waals surface area contributed by atoms with Crippen molar-refractivity contribution in [3.05, 3.63) is 71.8 Å². The van der Waals surface area contributed by atoms with Gasteiger partial charge in [0.25, 0.3) is 0 Å². The number of furan rings is 2. The molecule has 0 radical (unpaired) electrons. The van der Waals surface area contributed by atoms with E-state index < -0.39 is 0 Å². The first-order valence-corrected chi connectivity index (χ1v) is 16.0. The molecule has 0 atom stereocenters. The Morgan fingerprint density at radius 1 is 0.400 bits per heavy atom. The van der Waals surface area contributed by atoms with Gasteiger partial charge in [0.15, 0.2) is 0 Å². The Morgan fingerprint density at radius 2 is 0.800 bits per heavy atom. The summed E-state index contributed by atoms with van der Waals surface area (Å²) in [6.45, 7) is 4.55. The van der Waals surface area contributed by atoms with Crippen molar-refractivity contribution in [1.82, 2.24) is 0 Å². The van der Waals surface area contributed by atoms with Gasteiger partial charge in [-0.3, -0.25) is 0 Å². The number of rotatable bonds is 14. The summed E-state index contributed by atoms with van der Waals surface area (Å²) >= 11 is 0. The Labute approximate surface area is 238 Å². The highest BCUT2D eigenvalue weighted by Crippen LogP contribution is 2.41. The molecule has 2 aromatic heterocycles. The SMILES string of the molecule is CCCCCCCCc1ccc2c(c1)oc1ccc3c(ccc4oc5cc(CCCCCCCC)ccc5c43)c12. The van der Waals surface area contributed by atoms with Gasteiger partial charge < -0.3 is 8.83 Å². The van der Waals surface area contributed by atoms with E-state index >= 15 is 0 Å². The second-order valence-electron chi connectivity index (χ2n) is 11.9. The van der Waals surface area contributed by atoms with Crippen LogP contribution in [-0.2, 0) is 12.8 Å². The molecular weight excluding hydrogens is 488 g/mol. The molecule has 0 N–H and O–H groups in total. The Bertz CT molecular complexity index is 1600. The summed E-state index contributed by atoms with van der Waals surface area (Å²) in [6, 6.07) is 22.4. The molecular formula is C38H44O2. The summed E-state index contributed by atoms with van der Waals surface area (Å²) in [5.74, 6) is 0. The van der Waals surface area contributed by atoms with E-state index in [0.29, 0.717) is 0 Å². The summed E-state index contributed by atoms with van der Waals surface area (Å²) in [5.41, 5.74) is 6.70. The molecule has 40 heavy (non-hydrogen) atoms. The highest BCUT2D eigenvalue weighted by molar-refractivity contribution is 6.27. The van der Waals surface area contributed by atoms with Crippen molar-refractivity contribution in [2.24, 2.45) is 0 Å². The molecule has 0 saturated carbocycles.